The van der Waals surface area contributed by atoms with Crippen LogP contribution in [0, 0.1) is 0 Å². The maximum atomic E-state index is 10.8. The van der Waals surface area contributed by atoms with Gasteiger partial charge >= 0.3 is 5.97 Å². The minimum Gasteiger partial charge on any atom is -0.467 e. The fraction of sp³-hybridized carbons (Fsp3) is 0.875. The van der Waals surface area contributed by atoms with E-state index in [2.05, 4.69) is 4.74 Å². The lowest BCUT2D eigenvalue weighted by Gasteiger charge is -1.93. The minimum atomic E-state index is -0.339. The molecule has 1 saturated heterocycles. The normalized spacial score (nSPS) is 26.8. The van der Waals surface area contributed by atoms with E-state index in [0.717, 1.165) is 19.3 Å². The van der Waals surface area contributed by atoms with Crippen LogP contribution in [-0.2, 0) is 14.3 Å². The van der Waals surface area contributed by atoms with Gasteiger partial charge in [-0.25, -0.2) is 4.79 Å². The highest BCUT2D eigenvalue weighted by molar-refractivity contribution is 5.77. The van der Waals surface area contributed by atoms with Crippen molar-refractivity contribution >= 4 is 5.97 Å². The van der Waals surface area contributed by atoms with Crippen molar-refractivity contribution in [2.75, 3.05) is 13.7 Å². The fourth-order valence-electron chi connectivity index (χ4n) is 1.14. The number of hydrogen-bond donors (Lipinski definition) is 1. The van der Waals surface area contributed by atoms with Crippen LogP contribution in [0.25, 0.3) is 0 Å². The number of hydrogen-bond acceptors (Lipinski definition) is 4. The Morgan fingerprint density at radius 1 is 1.58 bits per heavy atom. The van der Waals surface area contributed by atoms with Crippen LogP contribution in [0.5, 0.6) is 0 Å². The van der Waals surface area contributed by atoms with Crippen molar-refractivity contribution in [3.8, 4) is 0 Å². The molecule has 12 heavy (non-hydrogen) atoms. The van der Waals surface area contributed by atoms with E-state index in [9.17, 15) is 4.79 Å². The number of rotatable bonds is 5. The quantitative estimate of drug-likeness (QED) is 0.364. The predicted molar refractivity (Wildman–Crippen MR) is 41.6 cm³/mol. The standard InChI is InChI=1S/C8H14O4/c1-11-8(10)7-6(12-7)4-2-3-5-9/h6-7,9H,2-5H2,1H3/t6-,7+/m1/s1. The molecule has 0 aromatic heterocycles. The second kappa shape index (κ2) is 4.42. The van der Waals surface area contributed by atoms with E-state index >= 15 is 0 Å². The molecule has 2 atom stereocenters. The minimum absolute atomic E-state index is 0.0315. The van der Waals surface area contributed by atoms with Crippen molar-refractivity contribution in [3.05, 3.63) is 0 Å². The van der Waals surface area contributed by atoms with Gasteiger partial charge in [-0.2, -0.15) is 0 Å². The van der Waals surface area contributed by atoms with Gasteiger partial charge in [0.2, 0.25) is 0 Å². The molecule has 1 heterocycles. The Morgan fingerprint density at radius 3 is 2.92 bits per heavy atom. The molecule has 1 aliphatic heterocycles. The number of unbranched alkanes of at least 4 members (excludes halogenated alkanes) is 1. The van der Waals surface area contributed by atoms with Gasteiger partial charge in [0.05, 0.1) is 13.2 Å². The van der Waals surface area contributed by atoms with E-state index in [1.807, 2.05) is 0 Å². The smallest absolute Gasteiger partial charge is 0.337 e. The second-order valence-corrected chi connectivity index (χ2v) is 2.84. The lowest BCUT2D eigenvalue weighted by molar-refractivity contribution is -0.142. The molecule has 0 spiro atoms. The van der Waals surface area contributed by atoms with E-state index in [0.29, 0.717) is 0 Å². The number of ether oxygens (including phenoxy) is 2. The molecule has 0 unspecified atom stereocenters. The van der Waals surface area contributed by atoms with Crippen LogP contribution < -0.4 is 0 Å². The molecule has 0 aromatic carbocycles. The lowest BCUT2D eigenvalue weighted by Crippen LogP contribution is -2.11. The molecule has 1 aliphatic rings. The van der Waals surface area contributed by atoms with Crippen LogP contribution in [0.1, 0.15) is 19.3 Å². The Labute approximate surface area is 71.5 Å². The van der Waals surface area contributed by atoms with Crippen LogP contribution in [-0.4, -0.2) is 37.0 Å². The van der Waals surface area contributed by atoms with Crippen LogP contribution in [0.4, 0.5) is 0 Å². The zero-order chi connectivity index (χ0) is 8.97. The highest BCUT2D eigenvalue weighted by Crippen LogP contribution is 2.27. The van der Waals surface area contributed by atoms with Gasteiger partial charge in [0.1, 0.15) is 0 Å². The summed E-state index contributed by atoms with van der Waals surface area (Å²) in [5, 5.41) is 8.49. The SMILES string of the molecule is COC(=O)[C@H]1O[C@@H]1CCCCO. The Bertz CT molecular complexity index is 157. The Balaban J connectivity index is 2.04. The molecule has 0 aliphatic carbocycles. The number of aliphatic hydroxyl groups is 1. The summed E-state index contributed by atoms with van der Waals surface area (Å²) in [7, 11) is 1.36. The molecule has 0 aromatic rings. The molecule has 1 fully saturated rings. The molecule has 1 N–H and O–H groups in total. The van der Waals surface area contributed by atoms with Crippen molar-refractivity contribution in [3.63, 3.8) is 0 Å². The predicted octanol–water partition coefficient (Wildman–Crippen LogP) is 0.0894. The van der Waals surface area contributed by atoms with Gasteiger partial charge in [-0.15, -0.1) is 0 Å². The molecule has 0 radical (unpaired) electrons. The molecule has 4 nitrogen and oxygen atoms in total. The summed E-state index contributed by atoms with van der Waals surface area (Å²) in [6.45, 7) is 0.204. The zero-order valence-electron chi connectivity index (χ0n) is 7.16. The van der Waals surface area contributed by atoms with E-state index in [1.54, 1.807) is 0 Å². The van der Waals surface area contributed by atoms with Crippen molar-refractivity contribution in [2.24, 2.45) is 0 Å². The van der Waals surface area contributed by atoms with Crippen LogP contribution in [0.15, 0.2) is 0 Å². The van der Waals surface area contributed by atoms with Crippen LogP contribution >= 0.6 is 0 Å². The average molecular weight is 174 g/mol. The zero-order valence-corrected chi connectivity index (χ0v) is 7.16. The first-order chi connectivity index (χ1) is 5.79. The van der Waals surface area contributed by atoms with Gasteiger partial charge < -0.3 is 14.6 Å². The first-order valence-electron chi connectivity index (χ1n) is 4.13. The van der Waals surface area contributed by atoms with E-state index in [1.165, 1.54) is 7.11 Å². The van der Waals surface area contributed by atoms with Crippen molar-refractivity contribution in [1.82, 2.24) is 0 Å². The van der Waals surface area contributed by atoms with E-state index < -0.39 is 0 Å². The van der Waals surface area contributed by atoms with Gasteiger partial charge in [-0.1, -0.05) is 0 Å². The number of aliphatic hydroxyl groups excluding tert-OH is 1. The number of methoxy groups -OCH3 is 1. The Kier molecular flexibility index (Phi) is 3.49. The largest absolute Gasteiger partial charge is 0.467 e. The summed E-state index contributed by atoms with van der Waals surface area (Å²) in [4.78, 5) is 10.8. The molecular formula is C8H14O4. The topological polar surface area (TPSA) is 59.1 Å². The van der Waals surface area contributed by atoms with Crippen LogP contribution in [0.3, 0.4) is 0 Å². The molecule has 1 rings (SSSR count). The first kappa shape index (κ1) is 9.48. The third kappa shape index (κ3) is 2.46. The van der Waals surface area contributed by atoms with Gasteiger partial charge in [-0.3, -0.25) is 0 Å². The summed E-state index contributed by atoms with van der Waals surface area (Å²) < 4.78 is 9.56. The Hall–Kier alpha value is -0.610. The molecule has 0 saturated carbocycles. The average Bonchev–Trinajstić information content (AvgIpc) is 2.83. The lowest BCUT2D eigenvalue weighted by atomic mass is 10.1. The van der Waals surface area contributed by atoms with Crippen molar-refractivity contribution in [1.29, 1.82) is 0 Å². The van der Waals surface area contributed by atoms with Crippen molar-refractivity contribution in [2.45, 2.75) is 31.5 Å². The fourth-order valence-corrected chi connectivity index (χ4v) is 1.14. The molecule has 0 amide bonds. The molecule has 4 heteroatoms. The number of esters is 1. The first-order valence-corrected chi connectivity index (χ1v) is 4.13. The summed E-state index contributed by atoms with van der Waals surface area (Å²) in [5.41, 5.74) is 0. The van der Waals surface area contributed by atoms with Gasteiger partial charge in [0, 0.05) is 6.61 Å². The summed E-state index contributed by atoms with van der Waals surface area (Å²) in [6, 6.07) is 0. The Morgan fingerprint density at radius 2 is 2.33 bits per heavy atom. The maximum absolute atomic E-state index is 10.8. The second-order valence-electron chi connectivity index (χ2n) is 2.84. The highest BCUT2D eigenvalue weighted by Gasteiger charge is 2.45. The molecule has 70 valence electrons. The third-order valence-electron chi connectivity index (χ3n) is 1.91. The monoisotopic (exact) mass is 174 g/mol. The summed E-state index contributed by atoms with van der Waals surface area (Å²) in [6.07, 6.45) is 2.20. The summed E-state index contributed by atoms with van der Waals surface area (Å²) >= 11 is 0. The van der Waals surface area contributed by atoms with Gasteiger partial charge in [0.15, 0.2) is 6.10 Å². The number of epoxide rings is 1. The van der Waals surface area contributed by atoms with Crippen LogP contribution in [0.2, 0.25) is 0 Å². The molecule has 0 bridgehead atoms. The van der Waals surface area contributed by atoms with E-state index in [4.69, 9.17) is 9.84 Å². The van der Waals surface area contributed by atoms with Gasteiger partial charge in [-0.05, 0) is 19.3 Å². The molecular weight excluding hydrogens is 160 g/mol. The third-order valence-corrected chi connectivity index (χ3v) is 1.91. The van der Waals surface area contributed by atoms with Gasteiger partial charge in [0.25, 0.3) is 0 Å². The highest BCUT2D eigenvalue weighted by atomic mass is 16.6. The number of carbonyl (C=O) groups is 1. The maximum Gasteiger partial charge on any atom is 0.337 e. The number of carbonyl (C=O) groups excluding carboxylic acids is 1. The summed E-state index contributed by atoms with van der Waals surface area (Å²) in [5.74, 6) is -0.288. The van der Waals surface area contributed by atoms with E-state index in [-0.39, 0.29) is 24.8 Å². The van der Waals surface area contributed by atoms with Crippen molar-refractivity contribution < 1.29 is 19.4 Å².